The fourth-order valence-electron chi connectivity index (χ4n) is 2.86. The van der Waals surface area contributed by atoms with Crippen molar-refractivity contribution in [3.8, 4) is 0 Å². The molecular formula is C20H22N4O3. The summed E-state index contributed by atoms with van der Waals surface area (Å²) in [5.74, 6) is 0.944. The minimum atomic E-state index is -0.210. The summed E-state index contributed by atoms with van der Waals surface area (Å²) in [4.78, 5) is 30.6. The molecule has 1 atom stereocenters. The van der Waals surface area contributed by atoms with Crippen LogP contribution < -0.4 is 16.2 Å². The van der Waals surface area contributed by atoms with Crippen molar-refractivity contribution in [1.29, 1.82) is 0 Å². The van der Waals surface area contributed by atoms with E-state index in [2.05, 4.69) is 20.6 Å². The Labute approximate surface area is 156 Å². The van der Waals surface area contributed by atoms with Gasteiger partial charge >= 0.3 is 0 Å². The molecule has 0 saturated carbocycles. The van der Waals surface area contributed by atoms with Gasteiger partial charge in [0.25, 0.3) is 5.56 Å². The van der Waals surface area contributed by atoms with Gasteiger partial charge in [0, 0.05) is 31.3 Å². The Hall–Kier alpha value is -3.35. The van der Waals surface area contributed by atoms with Crippen LogP contribution in [0, 0.1) is 6.92 Å². The molecular weight excluding hydrogens is 344 g/mol. The van der Waals surface area contributed by atoms with Crippen LogP contribution in [-0.4, -0.2) is 29.0 Å². The van der Waals surface area contributed by atoms with E-state index in [4.69, 9.17) is 4.42 Å². The molecule has 1 amide bonds. The van der Waals surface area contributed by atoms with E-state index >= 15 is 0 Å². The highest BCUT2D eigenvalue weighted by Crippen LogP contribution is 2.28. The summed E-state index contributed by atoms with van der Waals surface area (Å²) < 4.78 is 5.52. The Balaban J connectivity index is 1.53. The standard InChI is InChI=1S/C20H22N4O3/c1-14-12-19(26)24-20(23-14)22-10-9-21-18(25)13-16(17-8-5-11-27-17)15-6-3-2-4-7-15/h2-8,11-12,16H,9-10,13H2,1H3,(H,21,25)(H2,22,23,24,26). The third-order valence-electron chi connectivity index (χ3n) is 4.09. The quantitative estimate of drug-likeness (QED) is 0.532. The van der Waals surface area contributed by atoms with Gasteiger partial charge in [0.15, 0.2) is 0 Å². The molecule has 1 aromatic carbocycles. The van der Waals surface area contributed by atoms with Gasteiger partial charge in [0.1, 0.15) is 5.76 Å². The summed E-state index contributed by atoms with van der Waals surface area (Å²) in [5.41, 5.74) is 1.45. The average Bonchev–Trinajstić information content (AvgIpc) is 3.18. The molecule has 27 heavy (non-hydrogen) atoms. The summed E-state index contributed by atoms with van der Waals surface area (Å²) in [5, 5.41) is 5.88. The Bertz CT molecular complexity index is 920. The molecule has 2 heterocycles. The first-order chi connectivity index (χ1) is 13.1. The van der Waals surface area contributed by atoms with Crippen molar-refractivity contribution < 1.29 is 9.21 Å². The lowest BCUT2D eigenvalue weighted by molar-refractivity contribution is -0.121. The second-order valence-electron chi connectivity index (χ2n) is 6.19. The number of carbonyl (C=O) groups is 1. The van der Waals surface area contributed by atoms with Gasteiger partial charge in [-0.15, -0.1) is 0 Å². The van der Waals surface area contributed by atoms with Crippen molar-refractivity contribution in [3.63, 3.8) is 0 Å². The van der Waals surface area contributed by atoms with Crippen molar-refractivity contribution in [3.05, 3.63) is 82.2 Å². The number of amides is 1. The third-order valence-corrected chi connectivity index (χ3v) is 4.09. The summed E-state index contributed by atoms with van der Waals surface area (Å²) in [6, 6.07) is 14.9. The lowest BCUT2D eigenvalue weighted by Gasteiger charge is -2.15. The van der Waals surface area contributed by atoms with Crippen molar-refractivity contribution >= 4 is 11.9 Å². The number of aromatic amines is 1. The number of aryl methyl sites for hydroxylation is 1. The number of benzene rings is 1. The summed E-state index contributed by atoms with van der Waals surface area (Å²) >= 11 is 0. The highest BCUT2D eigenvalue weighted by molar-refractivity contribution is 5.77. The van der Waals surface area contributed by atoms with Gasteiger partial charge in [0.05, 0.1) is 12.2 Å². The maximum Gasteiger partial charge on any atom is 0.252 e. The van der Waals surface area contributed by atoms with Crippen molar-refractivity contribution in [2.24, 2.45) is 0 Å². The van der Waals surface area contributed by atoms with Gasteiger partial charge in [-0.1, -0.05) is 30.3 Å². The maximum absolute atomic E-state index is 12.4. The predicted molar refractivity (Wildman–Crippen MR) is 103 cm³/mol. The SMILES string of the molecule is Cc1cc(=O)[nH]c(NCCNC(=O)CC(c2ccccc2)c2ccco2)n1. The first-order valence-electron chi connectivity index (χ1n) is 8.78. The van der Waals surface area contributed by atoms with Gasteiger partial charge in [-0.3, -0.25) is 14.6 Å². The van der Waals surface area contributed by atoms with Gasteiger partial charge in [0.2, 0.25) is 11.9 Å². The lowest BCUT2D eigenvalue weighted by Crippen LogP contribution is -2.30. The van der Waals surface area contributed by atoms with E-state index in [1.54, 1.807) is 13.2 Å². The fourth-order valence-corrected chi connectivity index (χ4v) is 2.86. The molecule has 3 aromatic rings. The highest BCUT2D eigenvalue weighted by atomic mass is 16.3. The molecule has 140 valence electrons. The number of hydrogen-bond acceptors (Lipinski definition) is 5. The second-order valence-corrected chi connectivity index (χ2v) is 6.19. The van der Waals surface area contributed by atoms with Crippen LogP contribution in [0.4, 0.5) is 5.95 Å². The Kier molecular flexibility index (Phi) is 6.04. The number of hydrogen-bond donors (Lipinski definition) is 3. The van der Waals surface area contributed by atoms with E-state index in [1.807, 2.05) is 42.5 Å². The monoisotopic (exact) mass is 366 g/mol. The van der Waals surface area contributed by atoms with Crippen LogP contribution in [0.5, 0.6) is 0 Å². The van der Waals surface area contributed by atoms with Gasteiger partial charge < -0.3 is 15.1 Å². The van der Waals surface area contributed by atoms with E-state index in [0.29, 0.717) is 24.7 Å². The van der Waals surface area contributed by atoms with Crippen molar-refractivity contribution in [2.75, 3.05) is 18.4 Å². The average molecular weight is 366 g/mol. The van der Waals surface area contributed by atoms with Crippen LogP contribution >= 0.6 is 0 Å². The third kappa shape index (κ3) is 5.31. The van der Waals surface area contributed by atoms with Crippen molar-refractivity contribution in [1.82, 2.24) is 15.3 Å². The Morgan fingerprint density at radius 1 is 1.19 bits per heavy atom. The second kappa shape index (κ2) is 8.84. The van der Waals surface area contributed by atoms with Crippen LogP contribution in [-0.2, 0) is 4.79 Å². The van der Waals surface area contributed by atoms with E-state index in [-0.39, 0.29) is 23.8 Å². The van der Waals surface area contributed by atoms with Gasteiger partial charge in [-0.25, -0.2) is 4.98 Å². The summed E-state index contributed by atoms with van der Waals surface area (Å²) in [6.45, 7) is 2.62. The lowest BCUT2D eigenvalue weighted by atomic mass is 9.93. The highest BCUT2D eigenvalue weighted by Gasteiger charge is 2.20. The molecule has 0 aliphatic heterocycles. The zero-order valence-corrected chi connectivity index (χ0v) is 15.1. The van der Waals surface area contributed by atoms with Crippen LogP contribution in [0.3, 0.4) is 0 Å². The number of rotatable bonds is 8. The fraction of sp³-hybridized carbons (Fsp3) is 0.250. The van der Waals surface area contributed by atoms with E-state index in [0.717, 1.165) is 11.3 Å². The maximum atomic E-state index is 12.4. The number of aromatic nitrogens is 2. The van der Waals surface area contributed by atoms with Gasteiger partial charge in [-0.05, 0) is 24.6 Å². The first kappa shape index (κ1) is 18.4. The normalized spacial score (nSPS) is 11.7. The molecule has 0 aliphatic carbocycles. The Morgan fingerprint density at radius 2 is 2.00 bits per heavy atom. The molecule has 0 radical (unpaired) electrons. The molecule has 3 rings (SSSR count). The number of furan rings is 1. The molecule has 3 N–H and O–H groups in total. The van der Waals surface area contributed by atoms with E-state index in [1.165, 1.54) is 6.07 Å². The van der Waals surface area contributed by atoms with E-state index < -0.39 is 0 Å². The van der Waals surface area contributed by atoms with Crippen LogP contribution in [0.25, 0.3) is 0 Å². The molecule has 0 bridgehead atoms. The summed E-state index contributed by atoms with van der Waals surface area (Å²) in [6.07, 6.45) is 1.90. The number of H-pyrrole nitrogens is 1. The number of nitrogens with zero attached hydrogens (tertiary/aromatic N) is 1. The molecule has 7 nitrogen and oxygen atoms in total. The van der Waals surface area contributed by atoms with Crippen LogP contribution in [0.1, 0.15) is 29.4 Å². The van der Waals surface area contributed by atoms with Crippen LogP contribution in [0.2, 0.25) is 0 Å². The van der Waals surface area contributed by atoms with Gasteiger partial charge in [-0.2, -0.15) is 0 Å². The summed E-state index contributed by atoms with van der Waals surface area (Å²) in [7, 11) is 0. The number of nitrogens with one attached hydrogen (secondary N) is 3. The molecule has 1 unspecified atom stereocenters. The minimum Gasteiger partial charge on any atom is -0.469 e. The minimum absolute atomic E-state index is 0.0762. The Morgan fingerprint density at radius 3 is 2.70 bits per heavy atom. The molecule has 0 saturated heterocycles. The zero-order chi connectivity index (χ0) is 19.1. The smallest absolute Gasteiger partial charge is 0.252 e. The predicted octanol–water partition coefficient (Wildman–Crippen LogP) is 2.42. The molecule has 0 aliphatic rings. The van der Waals surface area contributed by atoms with E-state index in [9.17, 15) is 9.59 Å². The molecule has 0 spiro atoms. The molecule has 2 aromatic heterocycles. The topological polar surface area (TPSA) is 100 Å². The molecule has 7 heteroatoms. The zero-order valence-electron chi connectivity index (χ0n) is 15.1. The molecule has 0 fully saturated rings. The van der Waals surface area contributed by atoms with Crippen molar-refractivity contribution in [2.45, 2.75) is 19.3 Å². The number of anilines is 1. The van der Waals surface area contributed by atoms with Crippen LogP contribution in [0.15, 0.2) is 64.0 Å². The first-order valence-corrected chi connectivity index (χ1v) is 8.78. The number of carbonyl (C=O) groups excluding carboxylic acids is 1. The largest absolute Gasteiger partial charge is 0.469 e.